The van der Waals surface area contributed by atoms with Crippen LogP contribution in [-0.4, -0.2) is 4.92 Å². The SMILES string of the molecule is N#Cc1[c]cc[c]c1[N+](=O)[O-]. The summed E-state index contributed by atoms with van der Waals surface area (Å²) >= 11 is 0. The third-order valence-electron chi connectivity index (χ3n) is 1.06. The van der Waals surface area contributed by atoms with Gasteiger partial charge in [-0.3, -0.25) is 10.1 Å². The second-order valence-electron chi connectivity index (χ2n) is 1.71. The van der Waals surface area contributed by atoms with Crippen LogP contribution in [0.5, 0.6) is 0 Å². The number of nitriles is 1. The molecule has 0 atom stereocenters. The molecule has 11 heavy (non-hydrogen) atoms. The summed E-state index contributed by atoms with van der Waals surface area (Å²) in [5, 5.41) is 18.5. The van der Waals surface area contributed by atoms with Gasteiger partial charge in [0.1, 0.15) is 11.6 Å². The zero-order valence-corrected chi connectivity index (χ0v) is 5.37. The number of nitro benzene ring substituents is 1. The quantitative estimate of drug-likeness (QED) is 0.439. The molecular formula is C7H2N2O2. The molecule has 4 heteroatoms. The number of benzene rings is 1. The van der Waals surface area contributed by atoms with E-state index in [4.69, 9.17) is 5.26 Å². The van der Waals surface area contributed by atoms with Crippen LogP contribution in [0.3, 0.4) is 0 Å². The first kappa shape index (κ1) is 7.22. The average Bonchev–Trinajstić information content (AvgIpc) is 2.04. The third kappa shape index (κ3) is 1.33. The van der Waals surface area contributed by atoms with Crippen molar-refractivity contribution in [1.82, 2.24) is 0 Å². The molecule has 2 radical (unpaired) electrons. The summed E-state index contributed by atoms with van der Waals surface area (Å²) in [6.45, 7) is 0. The van der Waals surface area contributed by atoms with Gasteiger partial charge in [0.05, 0.1) is 11.0 Å². The summed E-state index contributed by atoms with van der Waals surface area (Å²) in [4.78, 5) is 9.53. The molecule has 0 saturated carbocycles. The van der Waals surface area contributed by atoms with E-state index in [-0.39, 0.29) is 11.3 Å². The molecule has 0 N–H and O–H groups in total. The van der Waals surface area contributed by atoms with E-state index in [9.17, 15) is 10.1 Å². The first-order chi connectivity index (χ1) is 5.25. The molecule has 1 rings (SSSR count). The van der Waals surface area contributed by atoms with Crippen molar-refractivity contribution in [3.05, 3.63) is 39.9 Å². The normalized spacial score (nSPS) is 8.64. The number of nitro groups is 1. The highest BCUT2D eigenvalue weighted by Gasteiger charge is 2.11. The molecule has 4 nitrogen and oxygen atoms in total. The Morgan fingerprint density at radius 3 is 2.64 bits per heavy atom. The second-order valence-corrected chi connectivity index (χ2v) is 1.71. The molecule has 52 valence electrons. The van der Waals surface area contributed by atoms with E-state index in [2.05, 4.69) is 12.1 Å². The Hall–Kier alpha value is -1.89. The Morgan fingerprint density at radius 1 is 1.55 bits per heavy atom. The Balaban J connectivity index is 3.26. The van der Waals surface area contributed by atoms with Crippen molar-refractivity contribution in [2.24, 2.45) is 0 Å². The van der Waals surface area contributed by atoms with Crippen molar-refractivity contribution < 1.29 is 4.92 Å². The Morgan fingerprint density at radius 2 is 2.18 bits per heavy atom. The summed E-state index contributed by atoms with van der Waals surface area (Å²) in [6, 6.07) is 9.17. The molecule has 0 bridgehead atoms. The van der Waals surface area contributed by atoms with E-state index >= 15 is 0 Å². The van der Waals surface area contributed by atoms with Crippen LogP contribution in [0.2, 0.25) is 0 Å². The fourth-order valence-electron chi connectivity index (χ4n) is 0.615. The highest BCUT2D eigenvalue weighted by molar-refractivity contribution is 5.46. The van der Waals surface area contributed by atoms with Crippen LogP contribution < -0.4 is 0 Å². The summed E-state index contributed by atoms with van der Waals surface area (Å²) in [6.07, 6.45) is 0. The minimum absolute atomic E-state index is 0.0856. The van der Waals surface area contributed by atoms with E-state index in [0.29, 0.717) is 0 Å². The molecule has 0 aliphatic heterocycles. The van der Waals surface area contributed by atoms with E-state index in [1.165, 1.54) is 12.1 Å². The van der Waals surface area contributed by atoms with Gasteiger partial charge < -0.3 is 0 Å². The summed E-state index contributed by atoms with van der Waals surface area (Å²) in [7, 11) is 0. The lowest BCUT2D eigenvalue weighted by atomic mass is 10.2. The van der Waals surface area contributed by atoms with Gasteiger partial charge >= 0.3 is 0 Å². The van der Waals surface area contributed by atoms with E-state index < -0.39 is 4.92 Å². The lowest BCUT2D eigenvalue weighted by Crippen LogP contribution is -1.91. The standard InChI is InChI=1S/C7H2N2O2/c8-5-6-3-1-2-4-7(6)9(10)11/h1-2H. The van der Waals surface area contributed by atoms with Crippen molar-refractivity contribution in [1.29, 1.82) is 5.26 Å². The summed E-state index contributed by atoms with van der Waals surface area (Å²) in [5.74, 6) is 0. The van der Waals surface area contributed by atoms with Crippen molar-refractivity contribution in [2.45, 2.75) is 0 Å². The average molecular weight is 146 g/mol. The molecule has 0 amide bonds. The first-order valence-electron chi connectivity index (χ1n) is 2.72. The van der Waals surface area contributed by atoms with Crippen LogP contribution >= 0.6 is 0 Å². The highest BCUT2D eigenvalue weighted by Crippen LogP contribution is 2.13. The number of nitrogens with zero attached hydrogens (tertiary/aromatic N) is 2. The van der Waals surface area contributed by atoms with Gasteiger partial charge in [0.2, 0.25) is 0 Å². The maximum atomic E-state index is 10.2. The molecule has 0 spiro atoms. The number of hydrogen-bond donors (Lipinski definition) is 0. The molecule has 0 fully saturated rings. The zero-order valence-electron chi connectivity index (χ0n) is 5.37. The van der Waals surface area contributed by atoms with Crippen LogP contribution in [0.1, 0.15) is 5.56 Å². The molecule has 0 heterocycles. The van der Waals surface area contributed by atoms with Crippen LogP contribution in [0.15, 0.2) is 12.1 Å². The monoisotopic (exact) mass is 146 g/mol. The minimum atomic E-state index is -0.658. The van der Waals surface area contributed by atoms with Crippen molar-refractivity contribution in [3.8, 4) is 6.07 Å². The zero-order chi connectivity index (χ0) is 8.27. The maximum absolute atomic E-state index is 10.2. The van der Waals surface area contributed by atoms with Gasteiger partial charge in [-0.25, -0.2) is 0 Å². The van der Waals surface area contributed by atoms with Crippen LogP contribution in [0, 0.1) is 33.6 Å². The first-order valence-corrected chi connectivity index (χ1v) is 2.72. The van der Waals surface area contributed by atoms with Gasteiger partial charge in [0, 0.05) is 6.07 Å². The molecule has 0 aliphatic rings. The van der Waals surface area contributed by atoms with Gasteiger partial charge in [-0.05, 0) is 6.07 Å². The fraction of sp³-hybridized carbons (Fsp3) is 0. The molecule has 1 aromatic carbocycles. The second kappa shape index (κ2) is 2.80. The van der Waals surface area contributed by atoms with E-state index in [0.717, 1.165) is 0 Å². The molecule has 0 saturated heterocycles. The predicted octanol–water partition coefficient (Wildman–Crippen LogP) is 1.07. The number of rotatable bonds is 1. The molecule has 0 aromatic heterocycles. The lowest BCUT2D eigenvalue weighted by molar-refractivity contribution is -0.385. The summed E-state index contributed by atoms with van der Waals surface area (Å²) < 4.78 is 0. The Kier molecular flexibility index (Phi) is 1.83. The third-order valence-corrected chi connectivity index (χ3v) is 1.06. The maximum Gasteiger partial charge on any atom is 0.295 e. The molecule has 0 unspecified atom stereocenters. The largest absolute Gasteiger partial charge is 0.295 e. The van der Waals surface area contributed by atoms with Gasteiger partial charge in [-0.15, -0.1) is 0 Å². The predicted molar refractivity (Wildman–Crippen MR) is 35.5 cm³/mol. The van der Waals surface area contributed by atoms with Gasteiger partial charge in [0.15, 0.2) is 0 Å². The number of hydrogen-bond acceptors (Lipinski definition) is 3. The fourth-order valence-corrected chi connectivity index (χ4v) is 0.615. The van der Waals surface area contributed by atoms with Gasteiger partial charge in [0.25, 0.3) is 5.69 Å². The van der Waals surface area contributed by atoms with Crippen molar-refractivity contribution >= 4 is 5.69 Å². The van der Waals surface area contributed by atoms with Gasteiger partial charge in [-0.2, -0.15) is 5.26 Å². The smallest absolute Gasteiger partial charge is 0.258 e. The lowest BCUT2D eigenvalue weighted by Gasteiger charge is -1.89. The molecule has 1 aromatic rings. The van der Waals surface area contributed by atoms with Crippen LogP contribution in [-0.2, 0) is 0 Å². The van der Waals surface area contributed by atoms with Gasteiger partial charge in [-0.1, -0.05) is 6.07 Å². The molecule has 0 aliphatic carbocycles. The van der Waals surface area contributed by atoms with Crippen LogP contribution in [0.25, 0.3) is 0 Å². The minimum Gasteiger partial charge on any atom is -0.258 e. The van der Waals surface area contributed by atoms with E-state index in [1.54, 1.807) is 6.07 Å². The van der Waals surface area contributed by atoms with Crippen LogP contribution in [0.4, 0.5) is 5.69 Å². The van der Waals surface area contributed by atoms with Crippen molar-refractivity contribution in [3.63, 3.8) is 0 Å². The van der Waals surface area contributed by atoms with E-state index in [1.807, 2.05) is 0 Å². The van der Waals surface area contributed by atoms with Crippen molar-refractivity contribution in [2.75, 3.05) is 0 Å². The Bertz CT molecular complexity index is 327. The highest BCUT2D eigenvalue weighted by atomic mass is 16.6. The topological polar surface area (TPSA) is 66.9 Å². The Labute approximate surface area is 62.8 Å². The molecular weight excluding hydrogens is 144 g/mol. The summed E-state index contributed by atoms with van der Waals surface area (Å²) in [5.41, 5.74) is -0.410.